The highest BCUT2D eigenvalue weighted by Crippen LogP contribution is 2.25. The van der Waals surface area contributed by atoms with Gasteiger partial charge in [0.2, 0.25) is 0 Å². The smallest absolute Gasteiger partial charge is 0.0297 e. The Morgan fingerprint density at radius 2 is 2.20 bits per heavy atom. The van der Waals surface area contributed by atoms with Gasteiger partial charge in [-0.3, -0.25) is 0 Å². The first-order valence-electron chi connectivity index (χ1n) is 5.26. The average Bonchev–Trinajstić information content (AvgIpc) is 2.18. The zero-order valence-electron chi connectivity index (χ0n) is 9.04. The second-order valence-electron chi connectivity index (χ2n) is 4.01. The molecule has 0 fully saturated rings. The van der Waals surface area contributed by atoms with Gasteiger partial charge in [0, 0.05) is 12.1 Å². The molecule has 0 radical (unpaired) electrons. The molecule has 82 valence electrons. The van der Waals surface area contributed by atoms with Gasteiger partial charge in [-0.2, -0.15) is 0 Å². The minimum atomic E-state index is 0. The van der Waals surface area contributed by atoms with Crippen molar-refractivity contribution in [3.05, 3.63) is 48.0 Å². The van der Waals surface area contributed by atoms with Crippen LogP contribution in [0.2, 0.25) is 0 Å². The van der Waals surface area contributed by atoms with Crippen molar-refractivity contribution in [3.63, 3.8) is 0 Å². The first-order chi connectivity index (χ1) is 6.81. The van der Waals surface area contributed by atoms with E-state index in [0.717, 1.165) is 12.8 Å². The molecule has 1 aromatic carbocycles. The molecule has 1 N–H and O–H groups in total. The lowest BCUT2D eigenvalue weighted by molar-refractivity contribution is -0.00000312. The highest BCUT2D eigenvalue weighted by molar-refractivity contribution is 5.32. The maximum absolute atomic E-state index is 3.80. The monoisotopic (exact) mass is 222 g/mol. The van der Waals surface area contributed by atoms with E-state index in [1.54, 1.807) is 0 Å². The SMILES string of the molecule is C=CCC1Cc2ccccc2C(C)N1.[Cl-]. The summed E-state index contributed by atoms with van der Waals surface area (Å²) in [4.78, 5) is 0. The summed E-state index contributed by atoms with van der Waals surface area (Å²) in [6.45, 7) is 6.03. The average molecular weight is 223 g/mol. The molecule has 2 rings (SSSR count). The summed E-state index contributed by atoms with van der Waals surface area (Å²) in [5.74, 6) is 0. The van der Waals surface area contributed by atoms with Crippen LogP contribution in [0.15, 0.2) is 36.9 Å². The molecular formula is C13H17ClN-. The van der Waals surface area contributed by atoms with E-state index in [4.69, 9.17) is 0 Å². The van der Waals surface area contributed by atoms with Crippen molar-refractivity contribution in [3.8, 4) is 0 Å². The second-order valence-corrected chi connectivity index (χ2v) is 4.01. The summed E-state index contributed by atoms with van der Waals surface area (Å²) in [7, 11) is 0. The fraction of sp³-hybridized carbons (Fsp3) is 0.385. The van der Waals surface area contributed by atoms with Crippen LogP contribution in [0.1, 0.15) is 30.5 Å². The van der Waals surface area contributed by atoms with E-state index in [-0.39, 0.29) is 12.4 Å². The van der Waals surface area contributed by atoms with Crippen molar-refractivity contribution in [2.75, 3.05) is 0 Å². The molecule has 0 saturated heterocycles. The molecule has 0 bridgehead atoms. The molecule has 0 spiro atoms. The van der Waals surface area contributed by atoms with E-state index in [1.807, 2.05) is 6.08 Å². The maximum atomic E-state index is 3.80. The molecule has 1 heterocycles. The van der Waals surface area contributed by atoms with Gasteiger partial charge in [-0.15, -0.1) is 6.58 Å². The van der Waals surface area contributed by atoms with Gasteiger partial charge in [0.25, 0.3) is 0 Å². The van der Waals surface area contributed by atoms with Crippen LogP contribution in [0.3, 0.4) is 0 Å². The maximum Gasteiger partial charge on any atom is 0.0297 e. The minimum Gasteiger partial charge on any atom is -1.00 e. The van der Waals surface area contributed by atoms with E-state index in [0.29, 0.717) is 12.1 Å². The van der Waals surface area contributed by atoms with E-state index >= 15 is 0 Å². The Morgan fingerprint density at radius 3 is 2.93 bits per heavy atom. The fourth-order valence-corrected chi connectivity index (χ4v) is 2.26. The molecule has 2 heteroatoms. The molecule has 0 saturated carbocycles. The molecule has 1 nitrogen and oxygen atoms in total. The third-order valence-electron chi connectivity index (χ3n) is 2.92. The fourth-order valence-electron chi connectivity index (χ4n) is 2.26. The Kier molecular flexibility index (Phi) is 4.37. The molecule has 1 aromatic rings. The van der Waals surface area contributed by atoms with Crippen molar-refractivity contribution in [2.24, 2.45) is 0 Å². The van der Waals surface area contributed by atoms with Crippen LogP contribution in [0.25, 0.3) is 0 Å². The molecule has 0 aliphatic carbocycles. The topological polar surface area (TPSA) is 12.0 Å². The zero-order valence-corrected chi connectivity index (χ0v) is 9.80. The van der Waals surface area contributed by atoms with Crippen molar-refractivity contribution < 1.29 is 12.4 Å². The van der Waals surface area contributed by atoms with Crippen LogP contribution < -0.4 is 17.7 Å². The van der Waals surface area contributed by atoms with Crippen molar-refractivity contribution in [2.45, 2.75) is 31.8 Å². The van der Waals surface area contributed by atoms with Crippen molar-refractivity contribution in [1.29, 1.82) is 0 Å². The highest BCUT2D eigenvalue weighted by atomic mass is 35.5. The molecule has 15 heavy (non-hydrogen) atoms. The number of benzene rings is 1. The van der Waals surface area contributed by atoms with E-state index in [2.05, 4.69) is 43.1 Å². The summed E-state index contributed by atoms with van der Waals surface area (Å²) in [6, 6.07) is 9.74. The van der Waals surface area contributed by atoms with Gasteiger partial charge >= 0.3 is 0 Å². The van der Waals surface area contributed by atoms with Gasteiger partial charge in [0.05, 0.1) is 0 Å². The normalized spacial score (nSPS) is 23.8. The molecule has 2 unspecified atom stereocenters. The number of hydrogen-bond acceptors (Lipinski definition) is 1. The van der Waals surface area contributed by atoms with Crippen LogP contribution >= 0.6 is 0 Å². The quantitative estimate of drug-likeness (QED) is 0.686. The Balaban J connectivity index is 0.00000112. The largest absolute Gasteiger partial charge is 1.00 e. The van der Waals surface area contributed by atoms with Crippen LogP contribution in [0.5, 0.6) is 0 Å². The Morgan fingerprint density at radius 1 is 1.47 bits per heavy atom. The first-order valence-corrected chi connectivity index (χ1v) is 5.26. The molecule has 1 aliphatic heterocycles. The summed E-state index contributed by atoms with van der Waals surface area (Å²) < 4.78 is 0. The van der Waals surface area contributed by atoms with Gasteiger partial charge in [-0.1, -0.05) is 30.3 Å². The molecule has 0 amide bonds. The number of rotatable bonds is 2. The van der Waals surface area contributed by atoms with Crippen LogP contribution in [0.4, 0.5) is 0 Å². The lowest BCUT2D eigenvalue weighted by atomic mass is 9.90. The molecular weight excluding hydrogens is 206 g/mol. The predicted octanol–water partition coefficient (Wildman–Crippen LogP) is -0.158. The number of hydrogen-bond donors (Lipinski definition) is 1. The molecule has 2 atom stereocenters. The van der Waals surface area contributed by atoms with E-state index in [1.165, 1.54) is 11.1 Å². The summed E-state index contributed by atoms with van der Waals surface area (Å²) in [5, 5.41) is 3.60. The Labute approximate surface area is 98.0 Å². The minimum absolute atomic E-state index is 0. The summed E-state index contributed by atoms with van der Waals surface area (Å²) in [6.07, 6.45) is 4.18. The van der Waals surface area contributed by atoms with Crippen molar-refractivity contribution >= 4 is 0 Å². The Hall–Kier alpha value is -0.790. The molecule has 1 aliphatic rings. The van der Waals surface area contributed by atoms with Gasteiger partial charge in [-0.05, 0) is 30.9 Å². The third kappa shape index (κ3) is 2.61. The van der Waals surface area contributed by atoms with Crippen LogP contribution in [-0.2, 0) is 6.42 Å². The standard InChI is InChI=1S/C13H17N.ClH/c1-3-6-12-9-11-7-4-5-8-13(11)10(2)14-12;/h3-5,7-8,10,12,14H,1,6,9H2,2H3;1H/p-1. The Bertz CT molecular complexity index is 335. The lowest BCUT2D eigenvalue weighted by Crippen LogP contribution is -3.00. The predicted molar refractivity (Wildman–Crippen MR) is 60.3 cm³/mol. The van der Waals surface area contributed by atoms with Crippen LogP contribution in [-0.4, -0.2) is 6.04 Å². The van der Waals surface area contributed by atoms with Gasteiger partial charge in [-0.25, -0.2) is 0 Å². The van der Waals surface area contributed by atoms with E-state index < -0.39 is 0 Å². The van der Waals surface area contributed by atoms with Crippen LogP contribution in [0, 0.1) is 0 Å². The van der Waals surface area contributed by atoms with E-state index in [9.17, 15) is 0 Å². The zero-order chi connectivity index (χ0) is 9.97. The molecule has 0 aromatic heterocycles. The second kappa shape index (κ2) is 5.34. The number of halogens is 1. The van der Waals surface area contributed by atoms with Gasteiger partial charge in [0.1, 0.15) is 0 Å². The first kappa shape index (κ1) is 12.3. The highest BCUT2D eigenvalue weighted by Gasteiger charge is 2.21. The number of fused-ring (bicyclic) bond motifs is 1. The lowest BCUT2D eigenvalue weighted by Gasteiger charge is -2.30. The third-order valence-corrected chi connectivity index (χ3v) is 2.92. The van der Waals surface area contributed by atoms with Gasteiger partial charge in [0.15, 0.2) is 0 Å². The van der Waals surface area contributed by atoms with Gasteiger partial charge < -0.3 is 17.7 Å². The number of nitrogens with one attached hydrogen (secondary N) is 1. The summed E-state index contributed by atoms with van der Waals surface area (Å²) >= 11 is 0. The summed E-state index contributed by atoms with van der Waals surface area (Å²) in [5.41, 5.74) is 2.94. The van der Waals surface area contributed by atoms with Crippen molar-refractivity contribution in [1.82, 2.24) is 5.32 Å².